The van der Waals surface area contributed by atoms with Crippen LogP contribution in [-0.4, -0.2) is 97.8 Å². The van der Waals surface area contributed by atoms with Crippen molar-refractivity contribution in [2.45, 2.75) is 149 Å². The van der Waals surface area contributed by atoms with Crippen LogP contribution in [0.15, 0.2) is 11.1 Å². The van der Waals surface area contributed by atoms with Crippen LogP contribution in [0.4, 0.5) is 0 Å². The van der Waals surface area contributed by atoms with E-state index >= 15 is 0 Å². The number of hydrogen-bond acceptors (Lipinski definition) is 9. The molecule has 6 rings (SSSR count). The summed E-state index contributed by atoms with van der Waals surface area (Å²) in [7, 11) is 0. The number of allylic oxidation sites excluding steroid dienone is 2. The summed E-state index contributed by atoms with van der Waals surface area (Å²) in [5, 5.41) is 73.3. The SMILES string of the molecule is C[C@@]12CC[C@]3(C)C(=C1C[C@@](C)(CO)[C@H](OC1OC(CO)C(O)C(O)C1O)C2)CCC1[C@@]2(C)CC[C@H](O)[C@](C)(C(=O)O)C2CC[C@]13C. The largest absolute Gasteiger partial charge is 0.481 e. The second-order valence-corrected chi connectivity index (χ2v) is 17.6. The molecule has 0 aromatic rings. The number of fused-ring (bicyclic) bond motifs is 6. The van der Waals surface area contributed by atoms with Crippen molar-refractivity contribution in [1.82, 2.24) is 0 Å². The van der Waals surface area contributed by atoms with Gasteiger partial charge in [-0.2, -0.15) is 0 Å². The van der Waals surface area contributed by atoms with Gasteiger partial charge in [0.2, 0.25) is 0 Å². The van der Waals surface area contributed by atoms with Gasteiger partial charge < -0.3 is 45.2 Å². The molecule has 1 saturated heterocycles. The van der Waals surface area contributed by atoms with Gasteiger partial charge in [-0.1, -0.05) is 45.8 Å². The Morgan fingerprint density at radius 3 is 2.17 bits per heavy atom. The summed E-state index contributed by atoms with van der Waals surface area (Å²) in [6.45, 7) is 12.6. The van der Waals surface area contributed by atoms with Gasteiger partial charge in [-0.3, -0.25) is 4.79 Å². The van der Waals surface area contributed by atoms with E-state index in [0.29, 0.717) is 25.2 Å². The zero-order valence-corrected chi connectivity index (χ0v) is 28.5. The first-order chi connectivity index (χ1) is 21.4. The summed E-state index contributed by atoms with van der Waals surface area (Å²) >= 11 is 0. The lowest BCUT2D eigenvalue weighted by atomic mass is 9.34. The number of aliphatic hydroxyl groups excluding tert-OH is 6. The summed E-state index contributed by atoms with van der Waals surface area (Å²) in [6, 6.07) is 0. The minimum absolute atomic E-state index is 0.0405. The van der Waals surface area contributed by atoms with E-state index < -0.39 is 66.3 Å². The summed E-state index contributed by atoms with van der Waals surface area (Å²) < 4.78 is 12.1. The molecule has 10 nitrogen and oxygen atoms in total. The highest BCUT2D eigenvalue weighted by Gasteiger charge is 2.69. The molecule has 5 fully saturated rings. The maximum absolute atomic E-state index is 12.7. The van der Waals surface area contributed by atoms with Crippen LogP contribution in [-0.2, 0) is 14.3 Å². The van der Waals surface area contributed by atoms with Crippen molar-refractivity contribution in [1.29, 1.82) is 0 Å². The van der Waals surface area contributed by atoms with Crippen molar-refractivity contribution in [3.05, 3.63) is 11.1 Å². The minimum Gasteiger partial charge on any atom is -0.481 e. The van der Waals surface area contributed by atoms with Gasteiger partial charge in [-0.25, -0.2) is 0 Å². The smallest absolute Gasteiger partial charge is 0.312 e. The summed E-state index contributed by atoms with van der Waals surface area (Å²) in [4.78, 5) is 12.7. The molecule has 4 saturated carbocycles. The highest BCUT2D eigenvalue weighted by molar-refractivity contribution is 5.76. The Bertz CT molecular complexity index is 1250. The molecule has 10 heteroatoms. The van der Waals surface area contributed by atoms with Crippen LogP contribution >= 0.6 is 0 Å². The van der Waals surface area contributed by atoms with E-state index in [1.165, 1.54) is 11.1 Å². The molecule has 15 atom stereocenters. The average molecular weight is 651 g/mol. The lowest BCUT2D eigenvalue weighted by Gasteiger charge is -2.70. The number of hydrogen-bond donors (Lipinski definition) is 7. The molecule has 0 aromatic heterocycles. The van der Waals surface area contributed by atoms with Crippen LogP contribution < -0.4 is 0 Å². The predicted octanol–water partition coefficient (Wildman–Crippen LogP) is 3.15. The van der Waals surface area contributed by atoms with Gasteiger partial charge in [0, 0.05) is 5.41 Å². The van der Waals surface area contributed by atoms with Gasteiger partial charge in [0.05, 0.1) is 30.8 Å². The molecular formula is C36H58O10. The number of rotatable bonds is 5. The molecule has 6 aliphatic rings. The number of aliphatic hydroxyl groups is 6. The van der Waals surface area contributed by atoms with Crippen molar-refractivity contribution in [2.75, 3.05) is 13.2 Å². The van der Waals surface area contributed by atoms with Crippen molar-refractivity contribution < 1.29 is 50.0 Å². The molecule has 1 aliphatic heterocycles. The standard InChI is InChI=1S/C36H58O10/c1-31-13-14-34(4)19(7-8-22-33(3)11-10-24(39)36(6,30(43)44)23(33)9-12-35(22,34)5)20(31)15-32(2,18-38)25(16-31)46-29-28(42)27(41)26(40)21(17-37)45-29/h21-29,37-42H,7-18H2,1-6H3,(H,43,44)/t21?,22?,23?,24-,25+,26?,27?,28?,29?,31-,32-,33+,34+,35+,36+/m0/s1. The Balaban J connectivity index is 1.33. The first kappa shape index (κ1) is 34.7. The molecule has 46 heavy (non-hydrogen) atoms. The maximum Gasteiger partial charge on any atom is 0.312 e. The van der Waals surface area contributed by atoms with Crippen LogP contribution in [0.3, 0.4) is 0 Å². The van der Waals surface area contributed by atoms with E-state index in [4.69, 9.17) is 9.47 Å². The molecule has 0 spiro atoms. The molecule has 5 aliphatic carbocycles. The third-order valence-corrected chi connectivity index (χ3v) is 15.5. The van der Waals surface area contributed by atoms with E-state index in [-0.39, 0.29) is 34.2 Å². The van der Waals surface area contributed by atoms with Crippen molar-refractivity contribution >= 4 is 5.97 Å². The van der Waals surface area contributed by atoms with Crippen LogP contribution in [0, 0.1) is 44.3 Å². The fourth-order valence-electron chi connectivity index (χ4n) is 12.1. The Morgan fingerprint density at radius 1 is 0.848 bits per heavy atom. The zero-order chi connectivity index (χ0) is 33.8. The molecule has 0 bridgehead atoms. The third kappa shape index (κ3) is 4.53. The summed E-state index contributed by atoms with van der Waals surface area (Å²) in [5.74, 6) is -0.638. The number of aliphatic carboxylic acids is 1. The third-order valence-electron chi connectivity index (χ3n) is 15.5. The summed E-state index contributed by atoms with van der Waals surface area (Å²) in [5.41, 5.74) is 0.526. The number of ether oxygens (including phenoxy) is 2. The monoisotopic (exact) mass is 650 g/mol. The first-order valence-corrected chi connectivity index (χ1v) is 17.6. The predicted molar refractivity (Wildman–Crippen MR) is 168 cm³/mol. The Kier molecular flexibility index (Phi) is 8.46. The topological polar surface area (TPSA) is 177 Å². The summed E-state index contributed by atoms with van der Waals surface area (Å²) in [6.07, 6.45) is -0.0887. The van der Waals surface area contributed by atoms with Crippen LogP contribution in [0.25, 0.3) is 0 Å². The highest BCUT2D eigenvalue weighted by Crippen LogP contribution is 2.75. The molecular weight excluding hydrogens is 592 g/mol. The average Bonchev–Trinajstić information content (AvgIpc) is 3.00. The van der Waals surface area contributed by atoms with Crippen LogP contribution in [0.1, 0.15) is 106 Å². The number of carboxylic acid groups (broad SMARTS) is 1. The van der Waals surface area contributed by atoms with E-state index in [1.54, 1.807) is 6.92 Å². The van der Waals surface area contributed by atoms with E-state index in [1.807, 2.05) is 6.92 Å². The van der Waals surface area contributed by atoms with Gasteiger partial charge in [0.1, 0.15) is 24.4 Å². The minimum atomic E-state index is -1.53. The fraction of sp³-hybridized carbons (Fsp3) is 0.917. The number of carbonyl (C=O) groups is 1. The van der Waals surface area contributed by atoms with Crippen LogP contribution in [0.5, 0.6) is 0 Å². The van der Waals surface area contributed by atoms with Crippen molar-refractivity contribution in [3.63, 3.8) is 0 Å². The van der Waals surface area contributed by atoms with E-state index in [2.05, 4.69) is 27.7 Å². The second kappa shape index (κ2) is 11.2. The van der Waals surface area contributed by atoms with Gasteiger partial charge in [-0.05, 0) is 105 Å². The van der Waals surface area contributed by atoms with Crippen molar-refractivity contribution in [2.24, 2.45) is 44.3 Å². The maximum atomic E-state index is 12.7. The Morgan fingerprint density at radius 2 is 1.54 bits per heavy atom. The van der Waals surface area contributed by atoms with Gasteiger partial charge >= 0.3 is 5.97 Å². The first-order valence-electron chi connectivity index (χ1n) is 17.6. The van der Waals surface area contributed by atoms with Gasteiger partial charge in [0.25, 0.3) is 0 Å². The molecule has 0 aromatic carbocycles. The van der Waals surface area contributed by atoms with Gasteiger partial charge in [0.15, 0.2) is 6.29 Å². The number of carboxylic acids is 1. The van der Waals surface area contributed by atoms with Crippen molar-refractivity contribution in [3.8, 4) is 0 Å². The molecule has 0 amide bonds. The lowest BCUT2D eigenvalue weighted by Crippen LogP contribution is -2.66. The van der Waals surface area contributed by atoms with Gasteiger partial charge in [-0.15, -0.1) is 0 Å². The second-order valence-electron chi connectivity index (χ2n) is 17.6. The molecule has 0 radical (unpaired) electrons. The normalized spacial score (nSPS) is 55.5. The van der Waals surface area contributed by atoms with Crippen LogP contribution in [0.2, 0.25) is 0 Å². The van der Waals surface area contributed by atoms with E-state index in [9.17, 15) is 40.5 Å². The zero-order valence-electron chi connectivity index (χ0n) is 28.5. The molecule has 1 heterocycles. The molecule has 7 unspecified atom stereocenters. The Labute approximate surface area is 273 Å². The Hall–Kier alpha value is -1.11. The fourth-order valence-corrected chi connectivity index (χ4v) is 12.1. The molecule has 7 N–H and O–H groups in total. The molecule has 262 valence electrons. The highest BCUT2D eigenvalue weighted by atomic mass is 16.7. The quantitative estimate of drug-likeness (QED) is 0.219. The van der Waals surface area contributed by atoms with E-state index in [0.717, 1.165) is 44.9 Å². The lowest BCUT2D eigenvalue weighted by molar-refractivity contribution is -0.324.